The molecule has 0 spiro atoms. The highest BCUT2D eigenvalue weighted by atomic mass is 32.2. The zero-order chi connectivity index (χ0) is 11.8. The van der Waals surface area contributed by atoms with Gasteiger partial charge in [0.1, 0.15) is 5.76 Å². The first kappa shape index (κ1) is 13.5. The minimum absolute atomic E-state index is 0.291. The second-order valence-corrected chi connectivity index (χ2v) is 4.89. The minimum atomic E-state index is 0.291. The van der Waals surface area contributed by atoms with Gasteiger partial charge in [-0.1, -0.05) is 5.16 Å². The van der Waals surface area contributed by atoms with Crippen molar-refractivity contribution in [2.24, 2.45) is 0 Å². The predicted octanol–water partition coefficient (Wildman–Crippen LogP) is 1.50. The third kappa shape index (κ3) is 4.55. The van der Waals surface area contributed by atoms with E-state index in [0.717, 1.165) is 42.5 Å². The van der Waals surface area contributed by atoms with Crippen LogP contribution < -0.4 is 5.32 Å². The van der Waals surface area contributed by atoms with Gasteiger partial charge in [-0.05, 0) is 26.0 Å². The zero-order valence-corrected chi connectivity index (χ0v) is 10.8. The molecule has 0 bridgehead atoms. The summed E-state index contributed by atoms with van der Waals surface area (Å²) in [5, 5.41) is 15.9. The minimum Gasteiger partial charge on any atom is -0.396 e. The number of aromatic nitrogens is 1. The van der Waals surface area contributed by atoms with Crippen molar-refractivity contribution >= 4 is 11.8 Å². The van der Waals surface area contributed by atoms with Crippen LogP contribution in [0.15, 0.2) is 4.52 Å². The number of hydrogen-bond donors (Lipinski definition) is 2. The van der Waals surface area contributed by atoms with Crippen LogP contribution in [0.3, 0.4) is 0 Å². The van der Waals surface area contributed by atoms with Gasteiger partial charge in [-0.25, -0.2) is 0 Å². The molecule has 0 fully saturated rings. The van der Waals surface area contributed by atoms with Gasteiger partial charge in [0.15, 0.2) is 0 Å². The molecule has 0 aromatic carbocycles. The molecular formula is C11H20N2O2S. The van der Waals surface area contributed by atoms with Crippen LogP contribution in [0.25, 0.3) is 0 Å². The quantitative estimate of drug-likeness (QED) is 0.679. The molecule has 4 nitrogen and oxygen atoms in total. The topological polar surface area (TPSA) is 58.3 Å². The molecule has 0 aliphatic carbocycles. The maximum atomic E-state index is 8.61. The van der Waals surface area contributed by atoms with Crippen LogP contribution in [0.1, 0.15) is 23.4 Å². The Kier molecular flexibility index (Phi) is 6.52. The van der Waals surface area contributed by atoms with Gasteiger partial charge in [0.2, 0.25) is 0 Å². The molecule has 0 radical (unpaired) electrons. The Labute approximate surface area is 101 Å². The zero-order valence-electron chi connectivity index (χ0n) is 9.95. The lowest BCUT2D eigenvalue weighted by atomic mass is 10.2. The van der Waals surface area contributed by atoms with Crippen LogP contribution >= 0.6 is 11.8 Å². The molecule has 1 rings (SSSR count). The maximum absolute atomic E-state index is 8.61. The van der Waals surface area contributed by atoms with E-state index in [-0.39, 0.29) is 0 Å². The number of nitrogens with one attached hydrogen (secondary N) is 1. The largest absolute Gasteiger partial charge is 0.396 e. The lowest BCUT2D eigenvalue weighted by Crippen LogP contribution is -2.17. The van der Waals surface area contributed by atoms with Gasteiger partial charge in [0, 0.05) is 31.0 Å². The Morgan fingerprint density at radius 3 is 2.81 bits per heavy atom. The summed E-state index contributed by atoms with van der Waals surface area (Å²) < 4.78 is 5.08. The molecule has 0 amide bonds. The number of aliphatic hydroxyl groups is 1. The van der Waals surface area contributed by atoms with Crippen LogP contribution in [0.2, 0.25) is 0 Å². The van der Waals surface area contributed by atoms with Crippen LogP contribution in [-0.4, -0.2) is 34.9 Å². The van der Waals surface area contributed by atoms with E-state index in [9.17, 15) is 0 Å². The van der Waals surface area contributed by atoms with Crippen LogP contribution in [0.4, 0.5) is 0 Å². The van der Waals surface area contributed by atoms with Gasteiger partial charge in [-0.15, -0.1) is 0 Å². The molecule has 1 aromatic heterocycles. The molecule has 0 aliphatic rings. The maximum Gasteiger partial charge on any atom is 0.138 e. The van der Waals surface area contributed by atoms with Crippen molar-refractivity contribution in [3.05, 3.63) is 17.0 Å². The van der Waals surface area contributed by atoms with E-state index in [1.54, 1.807) is 0 Å². The molecule has 16 heavy (non-hydrogen) atoms. The lowest BCUT2D eigenvalue weighted by Gasteiger charge is -2.04. The van der Waals surface area contributed by atoms with Gasteiger partial charge in [0.25, 0.3) is 0 Å². The van der Waals surface area contributed by atoms with Crippen molar-refractivity contribution in [2.45, 2.75) is 26.8 Å². The number of nitrogens with zero attached hydrogens (tertiary/aromatic N) is 1. The second kappa shape index (κ2) is 7.70. The fraction of sp³-hybridized carbons (Fsp3) is 0.727. The van der Waals surface area contributed by atoms with E-state index < -0.39 is 0 Å². The van der Waals surface area contributed by atoms with E-state index in [1.165, 1.54) is 5.56 Å². The third-order valence-electron chi connectivity index (χ3n) is 2.35. The highest BCUT2D eigenvalue weighted by Crippen LogP contribution is 2.11. The average Bonchev–Trinajstić information content (AvgIpc) is 2.59. The van der Waals surface area contributed by atoms with Crippen molar-refractivity contribution in [3.63, 3.8) is 0 Å². The summed E-state index contributed by atoms with van der Waals surface area (Å²) >= 11 is 1.86. The fourth-order valence-electron chi connectivity index (χ4n) is 1.38. The van der Waals surface area contributed by atoms with Crippen LogP contribution in [0, 0.1) is 13.8 Å². The monoisotopic (exact) mass is 244 g/mol. The first-order chi connectivity index (χ1) is 7.75. The van der Waals surface area contributed by atoms with Gasteiger partial charge >= 0.3 is 0 Å². The van der Waals surface area contributed by atoms with E-state index in [2.05, 4.69) is 10.5 Å². The third-order valence-corrected chi connectivity index (χ3v) is 3.42. The smallest absolute Gasteiger partial charge is 0.138 e. The van der Waals surface area contributed by atoms with E-state index in [0.29, 0.717) is 6.61 Å². The Hall–Kier alpha value is -0.520. The second-order valence-electron chi connectivity index (χ2n) is 3.67. The summed E-state index contributed by atoms with van der Waals surface area (Å²) in [6.45, 7) is 5.98. The average molecular weight is 244 g/mol. The van der Waals surface area contributed by atoms with Crippen molar-refractivity contribution in [3.8, 4) is 0 Å². The molecule has 0 unspecified atom stereocenters. The van der Waals surface area contributed by atoms with Crippen molar-refractivity contribution in [2.75, 3.05) is 24.7 Å². The molecule has 1 aromatic rings. The van der Waals surface area contributed by atoms with Crippen molar-refractivity contribution in [1.82, 2.24) is 10.5 Å². The number of rotatable bonds is 8. The molecule has 0 saturated heterocycles. The van der Waals surface area contributed by atoms with Crippen LogP contribution in [0.5, 0.6) is 0 Å². The SMILES string of the molecule is Cc1noc(C)c1CNCCSCCCO. The molecular weight excluding hydrogens is 224 g/mol. The standard InChI is InChI=1S/C11H20N2O2S/c1-9-11(10(2)15-13-9)8-12-4-7-16-6-3-5-14/h12,14H,3-8H2,1-2H3. The summed E-state index contributed by atoms with van der Waals surface area (Å²) in [7, 11) is 0. The summed E-state index contributed by atoms with van der Waals surface area (Å²) in [5.74, 6) is 3.00. The predicted molar refractivity (Wildman–Crippen MR) is 66.7 cm³/mol. The molecule has 5 heteroatoms. The fourth-order valence-corrected chi connectivity index (χ4v) is 2.21. The number of hydrogen-bond acceptors (Lipinski definition) is 5. The van der Waals surface area contributed by atoms with Crippen LogP contribution in [-0.2, 0) is 6.54 Å². The molecule has 0 saturated carbocycles. The Morgan fingerprint density at radius 2 is 2.19 bits per heavy atom. The number of aliphatic hydroxyl groups excluding tert-OH is 1. The first-order valence-electron chi connectivity index (χ1n) is 5.56. The van der Waals surface area contributed by atoms with Gasteiger partial charge in [-0.2, -0.15) is 11.8 Å². The molecule has 0 aliphatic heterocycles. The summed E-state index contributed by atoms with van der Waals surface area (Å²) in [6, 6.07) is 0. The lowest BCUT2D eigenvalue weighted by molar-refractivity contribution is 0.296. The molecule has 0 atom stereocenters. The van der Waals surface area contributed by atoms with E-state index >= 15 is 0 Å². The normalized spacial score (nSPS) is 10.9. The van der Waals surface area contributed by atoms with E-state index in [1.807, 2.05) is 25.6 Å². The highest BCUT2D eigenvalue weighted by molar-refractivity contribution is 7.99. The Morgan fingerprint density at radius 1 is 1.38 bits per heavy atom. The summed E-state index contributed by atoms with van der Waals surface area (Å²) in [4.78, 5) is 0. The van der Waals surface area contributed by atoms with Gasteiger partial charge in [-0.3, -0.25) is 0 Å². The molecule has 2 N–H and O–H groups in total. The summed E-state index contributed by atoms with van der Waals surface area (Å²) in [6.07, 6.45) is 0.883. The summed E-state index contributed by atoms with van der Waals surface area (Å²) in [5.41, 5.74) is 2.14. The highest BCUT2D eigenvalue weighted by Gasteiger charge is 2.07. The van der Waals surface area contributed by atoms with Crippen molar-refractivity contribution < 1.29 is 9.63 Å². The number of aryl methyl sites for hydroxylation is 2. The van der Waals surface area contributed by atoms with Gasteiger partial charge in [0.05, 0.1) is 5.69 Å². The van der Waals surface area contributed by atoms with Crippen molar-refractivity contribution in [1.29, 1.82) is 0 Å². The first-order valence-corrected chi connectivity index (χ1v) is 6.72. The van der Waals surface area contributed by atoms with Gasteiger partial charge < -0.3 is 14.9 Å². The molecule has 1 heterocycles. The number of thioether (sulfide) groups is 1. The Bertz CT molecular complexity index is 283. The molecule has 92 valence electrons. The Balaban J connectivity index is 2.07. The van der Waals surface area contributed by atoms with E-state index in [4.69, 9.17) is 9.63 Å².